The van der Waals surface area contributed by atoms with Crippen molar-refractivity contribution in [1.29, 1.82) is 0 Å². The average molecular weight is 401 g/mol. The van der Waals surface area contributed by atoms with Crippen LogP contribution < -0.4 is 14.9 Å². The molecule has 2 aromatic carbocycles. The third-order valence-electron chi connectivity index (χ3n) is 4.15. The Morgan fingerprint density at radius 2 is 1.71 bits per heavy atom. The monoisotopic (exact) mass is 400 g/mol. The molecule has 150 valence electrons. The van der Waals surface area contributed by atoms with Gasteiger partial charge in [-0.25, -0.2) is 5.43 Å². The van der Waals surface area contributed by atoms with Crippen LogP contribution in [-0.2, 0) is 10.5 Å². The molecule has 28 heavy (non-hydrogen) atoms. The zero-order chi connectivity index (χ0) is 20.5. The quantitative estimate of drug-likeness (QED) is 0.498. The number of hydrazone groups is 1. The van der Waals surface area contributed by atoms with E-state index >= 15 is 0 Å². The van der Waals surface area contributed by atoms with Crippen molar-refractivity contribution in [3.8, 4) is 11.5 Å². The minimum atomic E-state index is -0.110. The van der Waals surface area contributed by atoms with E-state index in [2.05, 4.69) is 42.6 Å². The maximum Gasteiger partial charge on any atom is 0.250 e. The first kappa shape index (κ1) is 21.8. The lowest BCUT2D eigenvalue weighted by atomic mass is 10.1. The zero-order valence-electron chi connectivity index (χ0n) is 17.2. The lowest BCUT2D eigenvalue weighted by molar-refractivity contribution is -0.118. The smallest absolute Gasteiger partial charge is 0.250 e. The Bertz CT molecular complexity index is 829. The SMILES string of the molecule is CC/C(=N\NC(=O)CSCc1cc(C)cc(C)c1)c1ccc(OC)c(OC)c1. The van der Waals surface area contributed by atoms with Crippen molar-refractivity contribution >= 4 is 23.4 Å². The highest BCUT2D eigenvalue weighted by Crippen LogP contribution is 2.28. The van der Waals surface area contributed by atoms with Crippen molar-refractivity contribution in [3.05, 3.63) is 58.7 Å². The van der Waals surface area contributed by atoms with Gasteiger partial charge in [0, 0.05) is 11.3 Å². The van der Waals surface area contributed by atoms with Gasteiger partial charge in [-0.15, -0.1) is 11.8 Å². The molecular weight excluding hydrogens is 372 g/mol. The van der Waals surface area contributed by atoms with Gasteiger partial charge >= 0.3 is 0 Å². The molecule has 5 nitrogen and oxygen atoms in total. The minimum Gasteiger partial charge on any atom is -0.493 e. The van der Waals surface area contributed by atoms with Crippen molar-refractivity contribution in [2.45, 2.75) is 32.9 Å². The molecule has 0 fully saturated rings. The third kappa shape index (κ3) is 6.30. The van der Waals surface area contributed by atoms with Gasteiger partial charge in [0.15, 0.2) is 11.5 Å². The van der Waals surface area contributed by atoms with Gasteiger partial charge in [0.1, 0.15) is 0 Å². The molecule has 0 aromatic heterocycles. The molecule has 6 heteroatoms. The molecule has 0 bridgehead atoms. The highest BCUT2D eigenvalue weighted by molar-refractivity contribution is 7.99. The Morgan fingerprint density at radius 1 is 1.04 bits per heavy atom. The first-order chi connectivity index (χ1) is 13.5. The summed E-state index contributed by atoms with van der Waals surface area (Å²) in [6.07, 6.45) is 0.686. The molecule has 0 saturated heterocycles. The van der Waals surface area contributed by atoms with E-state index in [9.17, 15) is 4.79 Å². The number of hydrogen-bond acceptors (Lipinski definition) is 5. The number of ether oxygens (including phenoxy) is 2. The summed E-state index contributed by atoms with van der Waals surface area (Å²) in [5.74, 6) is 2.35. The second-order valence-electron chi connectivity index (χ2n) is 6.51. The van der Waals surface area contributed by atoms with Crippen LogP contribution in [0, 0.1) is 13.8 Å². The summed E-state index contributed by atoms with van der Waals surface area (Å²) in [4.78, 5) is 12.2. The van der Waals surface area contributed by atoms with Crippen LogP contribution in [0.2, 0.25) is 0 Å². The molecule has 2 aromatic rings. The highest BCUT2D eigenvalue weighted by Gasteiger charge is 2.09. The van der Waals surface area contributed by atoms with Crippen molar-refractivity contribution in [3.63, 3.8) is 0 Å². The predicted octanol–water partition coefficient (Wildman–Crippen LogP) is 4.48. The molecule has 0 heterocycles. The fraction of sp³-hybridized carbons (Fsp3) is 0.364. The van der Waals surface area contributed by atoms with Crippen LogP contribution in [0.3, 0.4) is 0 Å². The maximum absolute atomic E-state index is 12.2. The van der Waals surface area contributed by atoms with Crippen LogP contribution in [-0.4, -0.2) is 31.6 Å². The Kier molecular flexibility index (Phi) is 8.39. The van der Waals surface area contributed by atoms with Gasteiger partial charge < -0.3 is 9.47 Å². The molecule has 1 amide bonds. The second kappa shape index (κ2) is 10.8. The fourth-order valence-corrected chi connectivity index (χ4v) is 3.69. The summed E-state index contributed by atoms with van der Waals surface area (Å²) in [6.45, 7) is 6.17. The fourth-order valence-electron chi connectivity index (χ4n) is 2.94. The molecule has 2 rings (SSSR count). The number of nitrogens with zero attached hydrogens (tertiary/aromatic N) is 1. The van der Waals surface area contributed by atoms with E-state index in [4.69, 9.17) is 9.47 Å². The Hall–Kier alpha value is -2.47. The summed E-state index contributed by atoms with van der Waals surface area (Å²) >= 11 is 1.58. The van der Waals surface area contributed by atoms with Crippen molar-refractivity contribution in [2.24, 2.45) is 5.10 Å². The van der Waals surface area contributed by atoms with Gasteiger partial charge in [0.05, 0.1) is 25.7 Å². The van der Waals surface area contributed by atoms with E-state index in [1.807, 2.05) is 25.1 Å². The predicted molar refractivity (Wildman–Crippen MR) is 117 cm³/mol. The molecule has 0 aliphatic carbocycles. The van der Waals surface area contributed by atoms with Crippen LogP contribution in [0.25, 0.3) is 0 Å². The minimum absolute atomic E-state index is 0.110. The lowest BCUT2D eigenvalue weighted by Gasteiger charge is -2.11. The maximum atomic E-state index is 12.2. The number of methoxy groups -OCH3 is 2. The highest BCUT2D eigenvalue weighted by atomic mass is 32.2. The van der Waals surface area contributed by atoms with Gasteiger partial charge in [-0.2, -0.15) is 5.10 Å². The summed E-state index contributed by atoms with van der Waals surface area (Å²) in [6, 6.07) is 12.1. The summed E-state index contributed by atoms with van der Waals surface area (Å²) in [5, 5.41) is 4.30. The number of hydrogen-bond donors (Lipinski definition) is 1. The van der Waals surface area contributed by atoms with Crippen LogP contribution in [0.15, 0.2) is 41.5 Å². The molecule has 0 aliphatic heterocycles. The van der Waals surface area contributed by atoms with Crippen LogP contribution in [0.5, 0.6) is 11.5 Å². The van der Waals surface area contributed by atoms with Crippen molar-refractivity contribution in [2.75, 3.05) is 20.0 Å². The van der Waals surface area contributed by atoms with Gasteiger partial charge in [-0.3, -0.25) is 4.79 Å². The van der Waals surface area contributed by atoms with E-state index < -0.39 is 0 Å². The van der Waals surface area contributed by atoms with E-state index in [1.54, 1.807) is 26.0 Å². The Labute approximate surface area is 171 Å². The van der Waals surface area contributed by atoms with Crippen LogP contribution in [0.1, 0.15) is 35.6 Å². The first-order valence-electron chi connectivity index (χ1n) is 9.19. The summed E-state index contributed by atoms with van der Waals surface area (Å²) < 4.78 is 10.6. The number of carbonyl (C=O) groups excluding carboxylic acids is 1. The van der Waals surface area contributed by atoms with Crippen LogP contribution in [0.4, 0.5) is 0 Å². The Balaban J connectivity index is 1.93. The number of amides is 1. The molecule has 0 saturated carbocycles. The molecule has 0 aliphatic rings. The molecule has 0 spiro atoms. The van der Waals surface area contributed by atoms with Gasteiger partial charge in [-0.1, -0.05) is 36.2 Å². The number of rotatable bonds is 9. The van der Waals surface area contributed by atoms with E-state index in [0.29, 0.717) is 23.7 Å². The van der Waals surface area contributed by atoms with Gasteiger partial charge in [-0.05, 0) is 44.0 Å². The number of thioether (sulfide) groups is 1. The van der Waals surface area contributed by atoms with Gasteiger partial charge in [0.25, 0.3) is 0 Å². The zero-order valence-corrected chi connectivity index (χ0v) is 18.0. The summed E-state index contributed by atoms with van der Waals surface area (Å²) in [5.41, 5.74) is 8.06. The van der Waals surface area contributed by atoms with Crippen molar-refractivity contribution in [1.82, 2.24) is 5.43 Å². The van der Waals surface area contributed by atoms with E-state index in [1.165, 1.54) is 16.7 Å². The number of benzene rings is 2. The van der Waals surface area contributed by atoms with E-state index in [0.717, 1.165) is 17.0 Å². The number of nitrogens with one attached hydrogen (secondary N) is 1. The normalized spacial score (nSPS) is 11.2. The molecule has 1 N–H and O–H groups in total. The first-order valence-corrected chi connectivity index (χ1v) is 10.3. The topological polar surface area (TPSA) is 59.9 Å². The lowest BCUT2D eigenvalue weighted by Crippen LogP contribution is -2.21. The molecule has 0 radical (unpaired) electrons. The number of carbonyl (C=O) groups is 1. The number of aryl methyl sites for hydroxylation is 2. The largest absolute Gasteiger partial charge is 0.493 e. The second-order valence-corrected chi connectivity index (χ2v) is 7.49. The molecule has 0 unspecified atom stereocenters. The van der Waals surface area contributed by atoms with Crippen molar-refractivity contribution < 1.29 is 14.3 Å². The van der Waals surface area contributed by atoms with Gasteiger partial charge in [0.2, 0.25) is 5.91 Å². The van der Waals surface area contributed by atoms with Crippen LogP contribution >= 0.6 is 11.8 Å². The molecule has 0 atom stereocenters. The standard InChI is InChI=1S/C22H28N2O3S/c1-6-19(18-7-8-20(26-4)21(12-18)27-5)23-24-22(25)14-28-13-17-10-15(2)9-16(3)11-17/h7-12H,6,13-14H2,1-5H3,(H,24,25)/b23-19+. The average Bonchev–Trinajstić information content (AvgIpc) is 2.67. The molecular formula is C22H28N2O3S. The van der Waals surface area contributed by atoms with E-state index in [-0.39, 0.29) is 5.91 Å². The Morgan fingerprint density at radius 3 is 2.32 bits per heavy atom. The summed E-state index contributed by atoms with van der Waals surface area (Å²) in [7, 11) is 3.20. The third-order valence-corrected chi connectivity index (χ3v) is 5.15.